The van der Waals surface area contributed by atoms with Crippen LogP contribution in [0.2, 0.25) is 0 Å². The zero-order valence-electron chi connectivity index (χ0n) is 17.5. The van der Waals surface area contributed by atoms with E-state index in [0.717, 1.165) is 17.4 Å². The van der Waals surface area contributed by atoms with E-state index in [4.69, 9.17) is 8.92 Å². The van der Waals surface area contributed by atoms with Gasteiger partial charge in [-0.2, -0.15) is 8.42 Å². The van der Waals surface area contributed by atoms with Crippen LogP contribution in [0.4, 0.5) is 11.4 Å². The molecule has 0 aliphatic carbocycles. The quantitative estimate of drug-likeness (QED) is 0.562. The van der Waals surface area contributed by atoms with E-state index in [1.807, 2.05) is 59.5 Å². The summed E-state index contributed by atoms with van der Waals surface area (Å²) in [5, 5.41) is 0. The third-order valence-electron chi connectivity index (χ3n) is 5.59. The minimum absolute atomic E-state index is 0.0850. The highest BCUT2D eigenvalue weighted by Crippen LogP contribution is 2.46. The predicted octanol–water partition coefficient (Wildman–Crippen LogP) is 3.85. The fraction of sp³-hybridized carbons (Fsp3) is 0.208. The number of para-hydroxylation sites is 4. The van der Waals surface area contributed by atoms with Crippen molar-refractivity contribution in [2.75, 3.05) is 24.2 Å². The van der Waals surface area contributed by atoms with Gasteiger partial charge < -0.3 is 8.92 Å². The lowest BCUT2D eigenvalue weighted by molar-refractivity contribution is -0.119. The molecular weight excluding hydrogens is 428 g/mol. The van der Waals surface area contributed by atoms with Crippen LogP contribution in [0.25, 0.3) is 0 Å². The highest BCUT2D eigenvalue weighted by atomic mass is 32.2. The predicted molar refractivity (Wildman–Crippen MR) is 121 cm³/mol. The average molecular weight is 451 g/mol. The third-order valence-corrected chi connectivity index (χ3v) is 6.07. The van der Waals surface area contributed by atoms with Crippen LogP contribution in [0.15, 0.2) is 66.7 Å². The number of hydrogen-bond acceptors (Lipinski definition) is 6. The molecule has 0 atom stereocenters. The van der Waals surface area contributed by atoms with Crippen LogP contribution >= 0.6 is 0 Å². The summed E-state index contributed by atoms with van der Waals surface area (Å²) in [5.74, 6) is 1.50. The van der Waals surface area contributed by atoms with E-state index in [1.165, 1.54) is 0 Å². The van der Waals surface area contributed by atoms with E-state index >= 15 is 0 Å². The maximum atomic E-state index is 13.5. The van der Waals surface area contributed by atoms with Crippen molar-refractivity contribution < 1.29 is 22.1 Å². The lowest BCUT2D eigenvalue weighted by Gasteiger charge is -2.34. The minimum Gasteiger partial charge on any atom is -0.453 e. The van der Waals surface area contributed by atoms with Gasteiger partial charge in [0.15, 0.2) is 11.5 Å². The Morgan fingerprint density at radius 2 is 1.62 bits per heavy atom. The van der Waals surface area contributed by atoms with Crippen LogP contribution < -0.4 is 13.8 Å². The standard InChI is InChI=1S/C24H22N2O5S/c1-32(28,29)31-21-12-6-7-17-13-14-25(15-18(17)21)16-24(27)26-19-8-2-4-10-22(19)30-23-11-5-3-9-20(23)26/h2-12H,13-16H2,1H3. The highest BCUT2D eigenvalue weighted by Gasteiger charge is 2.31. The summed E-state index contributed by atoms with van der Waals surface area (Å²) < 4.78 is 34.5. The third kappa shape index (κ3) is 3.94. The topological polar surface area (TPSA) is 76.2 Å². The smallest absolute Gasteiger partial charge is 0.306 e. The molecule has 3 aromatic rings. The molecule has 0 aromatic heterocycles. The molecule has 0 unspecified atom stereocenters. The van der Waals surface area contributed by atoms with Gasteiger partial charge in [0.05, 0.1) is 24.2 Å². The largest absolute Gasteiger partial charge is 0.453 e. The van der Waals surface area contributed by atoms with Crippen molar-refractivity contribution in [2.24, 2.45) is 0 Å². The first-order valence-corrected chi connectivity index (χ1v) is 12.1. The fourth-order valence-corrected chi connectivity index (χ4v) is 4.70. The molecule has 32 heavy (non-hydrogen) atoms. The van der Waals surface area contributed by atoms with Crippen LogP contribution in [0.3, 0.4) is 0 Å². The number of rotatable bonds is 4. The van der Waals surface area contributed by atoms with Gasteiger partial charge in [0.1, 0.15) is 5.75 Å². The maximum absolute atomic E-state index is 13.5. The second-order valence-corrected chi connectivity index (χ2v) is 9.48. The second-order valence-electron chi connectivity index (χ2n) is 7.91. The summed E-state index contributed by atoms with van der Waals surface area (Å²) in [6.45, 7) is 1.30. The zero-order valence-corrected chi connectivity index (χ0v) is 18.3. The van der Waals surface area contributed by atoms with Gasteiger partial charge in [-0.1, -0.05) is 36.4 Å². The molecular formula is C24H22N2O5S. The SMILES string of the molecule is CS(=O)(=O)Oc1cccc2c1CN(CC(=O)N1c3ccccc3Oc3ccccc31)CC2. The molecule has 0 radical (unpaired) electrons. The Kier molecular flexibility index (Phi) is 5.11. The van der Waals surface area contributed by atoms with Crippen LogP contribution in [0.5, 0.6) is 17.2 Å². The van der Waals surface area contributed by atoms with Gasteiger partial charge in [-0.15, -0.1) is 0 Å². The molecule has 1 amide bonds. The number of hydrogen-bond donors (Lipinski definition) is 0. The Hall–Kier alpha value is -3.36. The van der Waals surface area contributed by atoms with Crippen molar-refractivity contribution in [3.05, 3.63) is 77.9 Å². The van der Waals surface area contributed by atoms with Crippen LogP contribution in [0.1, 0.15) is 11.1 Å². The first-order valence-electron chi connectivity index (χ1n) is 10.3. The molecule has 8 heteroatoms. The Labute approximate surface area is 186 Å². The van der Waals surface area contributed by atoms with Gasteiger partial charge >= 0.3 is 10.1 Å². The zero-order chi connectivity index (χ0) is 22.3. The normalized spacial score (nSPS) is 15.2. The van der Waals surface area contributed by atoms with Crippen LogP contribution in [0, 0.1) is 0 Å². The van der Waals surface area contributed by atoms with Gasteiger partial charge in [0, 0.05) is 18.7 Å². The number of fused-ring (bicyclic) bond motifs is 3. The number of ether oxygens (including phenoxy) is 1. The number of carbonyl (C=O) groups is 1. The van der Waals surface area contributed by atoms with Gasteiger partial charge in [0.2, 0.25) is 5.91 Å². The maximum Gasteiger partial charge on any atom is 0.306 e. The molecule has 2 aliphatic heterocycles. The van der Waals surface area contributed by atoms with E-state index in [9.17, 15) is 13.2 Å². The van der Waals surface area contributed by atoms with E-state index in [0.29, 0.717) is 48.1 Å². The van der Waals surface area contributed by atoms with Crippen molar-refractivity contribution in [1.82, 2.24) is 4.90 Å². The minimum atomic E-state index is -3.64. The van der Waals surface area contributed by atoms with Crippen molar-refractivity contribution in [3.63, 3.8) is 0 Å². The van der Waals surface area contributed by atoms with Gasteiger partial charge in [-0.25, -0.2) is 0 Å². The Morgan fingerprint density at radius 3 is 2.28 bits per heavy atom. The molecule has 7 nitrogen and oxygen atoms in total. The fourth-order valence-electron chi connectivity index (χ4n) is 4.22. The number of benzene rings is 3. The first kappa shape index (κ1) is 20.5. The summed E-state index contributed by atoms with van der Waals surface area (Å²) in [6.07, 6.45) is 1.74. The van der Waals surface area contributed by atoms with E-state index < -0.39 is 10.1 Å². The van der Waals surface area contributed by atoms with Crippen molar-refractivity contribution >= 4 is 27.4 Å². The summed E-state index contributed by atoms with van der Waals surface area (Å²) in [6, 6.07) is 20.3. The summed E-state index contributed by atoms with van der Waals surface area (Å²) in [4.78, 5) is 17.2. The van der Waals surface area contributed by atoms with E-state index in [-0.39, 0.29) is 12.5 Å². The molecule has 2 aliphatic rings. The van der Waals surface area contributed by atoms with Crippen molar-refractivity contribution in [3.8, 4) is 17.2 Å². The lowest BCUT2D eigenvalue weighted by atomic mass is 9.99. The van der Waals surface area contributed by atoms with Crippen LogP contribution in [-0.2, 0) is 27.9 Å². The molecule has 0 saturated heterocycles. The van der Waals surface area contributed by atoms with Gasteiger partial charge in [-0.3, -0.25) is 14.6 Å². The summed E-state index contributed by atoms with van der Waals surface area (Å²) in [7, 11) is -3.64. The van der Waals surface area contributed by atoms with E-state index in [2.05, 4.69) is 0 Å². The first-order chi connectivity index (χ1) is 15.4. The molecule has 0 saturated carbocycles. The summed E-state index contributed by atoms with van der Waals surface area (Å²) in [5.41, 5.74) is 3.25. The molecule has 2 heterocycles. The number of amides is 1. The molecule has 0 bridgehead atoms. The van der Waals surface area contributed by atoms with Gasteiger partial charge in [0.25, 0.3) is 0 Å². The number of nitrogens with zero attached hydrogens (tertiary/aromatic N) is 2. The average Bonchev–Trinajstić information content (AvgIpc) is 2.76. The Balaban J connectivity index is 1.42. The number of anilines is 2. The lowest BCUT2D eigenvalue weighted by Crippen LogP contribution is -2.41. The van der Waals surface area contributed by atoms with Gasteiger partial charge in [-0.05, 0) is 42.3 Å². The van der Waals surface area contributed by atoms with E-state index in [1.54, 1.807) is 17.0 Å². The second kappa shape index (κ2) is 7.96. The molecule has 5 rings (SSSR count). The van der Waals surface area contributed by atoms with Crippen molar-refractivity contribution in [2.45, 2.75) is 13.0 Å². The molecule has 0 spiro atoms. The Morgan fingerprint density at radius 1 is 0.969 bits per heavy atom. The number of carbonyl (C=O) groups excluding carboxylic acids is 1. The molecule has 164 valence electrons. The molecule has 0 fully saturated rings. The Bertz CT molecular complexity index is 1260. The monoisotopic (exact) mass is 450 g/mol. The molecule has 3 aromatic carbocycles. The van der Waals surface area contributed by atoms with Crippen LogP contribution in [-0.4, -0.2) is 38.6 Å². The van der Waals surface area contributed by atoms with Crippen molar-refractivity contribution in [1.29, 1.82) is 0 Å². The highest BCUT2D eigenvalue weighted by molar-refractivity contribution is 7.86. The molecule has 0 N–H and O–H groups in total. The summed E-state index contributed by atoms with van der Waals surface area (Å²) >= 11 is 0.